The van der Waals surface area contributed by atoms with Gasteiger partial charge in [0.1, 0.15) is 17.0 Å². The summed E-state index contributed by atoms with van der Waals surface area (Å²) in [6.07, 6.45) is 1.72. The van der Waals surface area contributed by atoms with Crippen molar-refractivity contribution in [3.05, 3.63) is 23.0 Å². The minimum absolute atomic E-state index is 0.0158. The quantitative estimate of drug-likeness (QED) is 0.728. The molecule has 1 rings (SSSR count). The first-order valence-electron chi connectivity index (χ1n) is 5.00. The monoisotopic (exact) mass is 229 g/mol. The molecule has 4 heteroatoms. The summed E-state index contributed by atoms with van der Waals surface area (Å²) >= 11 is 5.78. The van der Waals surface area contributed by atoms with Crippen LogP contribution in [-0.4, -0.2) is 24.3 Å². The van der Waals surface area contributed by atoms with E-state index in [0.29, 0.717) is 18.4 Å². The number of aromatic nitrogens is 1. The maximum atomic E-state index is 5.78. The van der Waals surface area contributed by atoms with E-state index in [1.165, 1.54) is 0 Å². The predicted octanol–water partition coefficient (Wildman–Crippen LogP) is 2.85. The summed E-state index contributed by atoms with van der Waals surface area (Å²) in [7, 11) is 0. The third kappa shape index (κ3) is 4.06. The molecule has 0 saturated heterocycles. The van der Waals surface area contributed by atoms with Crippen LogP contribution in [0, 0.1) is 6.92 Å². The molecule has 1 heterocycles. The topological polar surface area (TPSA) is 31.4 Å². The van der Waals surface area contributed by atoms with Crippen LogP contribution in [0.15, 0.2) is 12.3 Å². The van der Waals surface area contributed by atoms with Gasteiger partial charge in [0, 0.05) is 24.4 Å². The highest BCUT2D eigenvalue weighted by molar-refractivity contribution is 6.29. The van der Waals surface area contributed by atoms with Crippen LogP contribution in [0.4, 0.5) is 0 Å². The lowest BCUT2D eigenvalue weighted by Gasteiger charge is -2.15. The fraction of sp³-hybridized carbons (Fsp3) is 0.545. The number of aryl methyl sites for hydroxylation is 1. The normalized spacial score (nSPS) is 12.5. The summed E-state index contributed by atoms with van der Waals surface area (Å²) in [6.45, 7) is 7.14. The van der Waals surface area contributed by atoms with E-state index in [-0.39, 0.29) is 6.10 Å². The summed E-state index contributed by atoms with van der Waals surface area (Å²) in [5.41, 5.74) is 0.975. The highest BCUT2D eigenvalue weighted by Gasteiger charge is 2.07. The molecule has 15 heavy (non-hydrogen) atoms. The van der Waals surface area contributed by atoms with E-state index < -0.39 is 0 Å². The van der Waals surface area contributed by atoms with Gasteiger partial charge in [0.05, 0.1) is 6.61 Å². The van der Waals surface area contributed by atoms with Gasteiger partial charge in [-0.3, -0.25) is 0 Å². The third-order valence-electron chi connectivity index (χ3n) is 1.91. The summed E-state index contributed by atoms with van der Waals surface area (Å²) in [4.78, 5) is 3.96. The number of hydrogen-bond acceptors (Lipinski definition) is 3. The Balaban J connectivity index is 2.59. The molecule has 0 saturated carbocycles. The second-order valence-corrected chi connectivity index (χ2v) is 3.75. The average molecular weight is 230 g/mol. The minimum Gasteiger partial charge on any atom is -0.488 e. The highest BCUT2D eigenvalue weighted by atomic mass is 35.5. The second-order valence-electron chi connectivity index (χ2n) is 3.36. The molecule has 0 aliphatic heterocycles. The second kappa shape index (κ2) is 5.93. The molecule has 0 aliphatic rings. The lowest BCUT2D eigenvalue weighted by Crippen LogP contribution is -2.19. The number of hydrogen-bond donors (Lipinski definition) is 0. The van der Waals surface area contributed by atoms with Crippen LogP contribution >= 0.6 is 11.6 Å². The Morgan fingerprint density at radius 3 is 2.93 bits per heavy atom. The molecule has 1 aromatic heterocycles. The number of ether oxygens (including phenoxy) is 2. The van der Waals surface area contributed by atoms with Crippen molar-refractivity contribution in [3.63, 3.8) is 0 Å². The van der Waals surface area contributed by atoms with Crippen molar-refractivity contribution in [2.75, 3.05) is 13.2 Å². The van der Waals surface area contributed by atoms with E-state index in [0.717, 1.165) is 11.3 Å². The number of nitrogens with zero attached hydrogens (tertiary/aromatic N) is 1. The van der Waals surface area contributed by atoms with Crippen molar-refractivity contribution < 1.29 is 9.47 Å². The highest BCUT2D eigenvalue weighted by Crippen LogP contribution is 2.21. The van der Waals surface area contributed by atoms with E-state index in [4.69, 9.17) is 21.1 Å². The van der Waals surface area contributed by atoms with E-state index >= 15 is 0 Å². The summed E-state index contributed by atoms with van der Waals surface area (Å²) in [5, 5.41) is 0.444. The molecule has 3 nitrogen and oxygen atoms in total. The van der Waals surface area contributed by atoms with Gasteiger partial charge in [0.15, 0.2) is 0 Å². The Labute approximate surface area is 95.4 Å². The van der Waals surface area contributed by atoms with Crippen LogP contribution in [-0.2, 0) is 4.74 Å². The molecule has 0 aromatic carbocycles. The molecule has 0 spiro atoms. The van der Waals surface area contributed by atoms with Gasteiger partial charge < -0.3 is 9.47 Å². The summed E-state index contributed by atoms with van der Waals surface area (Å²) in [5.74, 6) is 0.766. The maximum Gasteiger partial charge on any atom is 0.132 e. The largest absolute Gasteiger partial charge is 0.488 e. The lowest BCUT2D eigenvalue weighted by molar-refractivity contribution is 0.0653. The van der Waals surface area contributed by atoms with E-state index in [9.17, 15) is 0 Å². The molecule has 0 radical (unpaired) electrons. The third-order valence-corrected chi connectivity index (χ3v) is 2.11. The first-order valence-corrected chi connectivity index (χ1v) is 5.37. The Kier molecular flexibility index (Phi) is 4.85. The average Bonchev–Trinajstić information content (AvgIpc) is 2.20. The van der Waals surface area contributed by atoms with Crippen molar-refractivity contribution in [2.45, 2.75) is 26.9 Å². The Morgan fingerprint density at radius 1 is 1.53 bits per heavy atom. The molecule has 1 unspecified atom stereocenters. The van der Waals surface area contributed by atoms with Gasteiger partial charge in [-0.05, 0) is 20.8 Å². The smallest absolute Gasteiger partial charge is 0.132 e. The van der Waals surface area contributed by atoms with E-state index in [2.05, 4.69) is 4.98 Å². The molecule has 0 bridgehead atoms. The van der Waals surface area contributed by atoms with Crippen LogP contribution in [0.25, 0.3) is 0 Å². The standard InChI is InChI=1S/C11H16ClNO2/c1-4-14-7-9(3)15-10-5-11(12)13-6-8(10)2/h5-6,9H,4,7H2,1-3H3. The first kappa shape index (κ1) is 12.3. The van der Waals surface area contributed by atoms with Crippen LogP contribution in [0.1, 0.15) is 19.4 Å². The van der Waals surface area contributed by atoms with Crippen LogP contribution in [0.5, 0.6) is 5.75 Å². The fourth-order valence-electron chi connectivity index (χ4n) is 1.14. The van der Waals surface area contributed by atoms with Crippen molar-refractivity contribution in [1.82, 2.24) is 4.98 Å². The van der Waals surface area contributed by atoms with Crippen LogP contribution < -0.4 is 4.74 Å². The van der Waals surface area contributed by atoms with Gasteiger partial charge >= 0.3 is 0 Å². The van der Waals surface area contributed by atoms with Crippen molar-refractivity contribution in [1.29, 1.82) is 0 Å². The predicted molar refractivity (Wildman–Crippen MR) is 60.6 cm³/mol. The van der Waals surface area contributed by atoms with E-state index in [1.54, 1.807) is 12.3 Å². The minimum atomic E-state index is 0.0158. The molecule has 84 valence electrons. The zero-order valence-corrected chi connectivity index (χ0v) is 10.0. The Morgan fingerprint density at radius 2 is 2.27 bits per heavy atom. The lowest BCUT2D eigenvalue weighted by atomic mass is 10.3. The Bertz CT molecular complexity index is 317. The molecule has 1 aromatic rings. The van der Waals surface area contributed by atoms with E-state index in [1.807, 2.05) is 20.8 Å². The summed E-state index contributed by atoms with van der Waals surface area (Å²) in [6, 6.07) is 1.72. The van der Waals surface area contributed by atoms with Crippen LogP contribution in [0.2, 0.25) is 5.15 Å². The zero-order valence-electron chi connectivity index (χ0n) is 9.29. The molecule has 0 N–H and O–H groups in total. The van der Waals surface area contributed by atoms with Crippen molar-refractivity contribution in [3.8, 4) is 5.75 Å². The first-order chi connectivity index (χ1) is 7.13. The number of pyridine rings is 1. The molecule has 0 aliphatic carbocycles. The van der Waals surface area contributed by atoms with Crippen molar-refractivity contribution >= 4 is 11.6 Å². The van der Waals surface area contributed by atoms with Crippen LogP contribution in [0.3, 0.4) is 0 Å². The van der Waals surface area contributed by atoms with Gasteiger partial charge in [0.2, 0.25) is 0 Å². The fourth-order valence-corrected chi connectivity index (χ4v) is 1.29. The zero-order chi connectivity index (χ0) is 11.3. The maximum absolute atomic E-state index is 5.78. The van der Waals surface area contributed by atoms with Gasteiger partial charge in [-0.25, -0.2) is 4.98 Å². The Hall–Kier alpha value is -0.800. The van der Waals surface area contributed by atoms with Gasteiger partial charge in [-0.2, -0.15) is 0 Å². The van der Waals surface area contributed by atoms with Crippen molar-refractivity contribution in [2.24, 2.45) is 0 Å². The molecular formula is C11H16ClNO2. The molecule has 0 amide bonds. The molecule has 0 fully saturated rings. The summed E-state index contributed by atoms with van der Waals surface area (Å²) < 4.78 is 10.9. The number of halogens is 1. The number of rotatable bonds is 5. The van der Waals surface area contributed by atoms with Gasteiger partial charge in [-0.1, -0.05) is 11.6 Å². The molecule has 1 atom stereocenters. The SMILES string of the molecule is CCOCC(C)Oc1cc(Cl)ncc1C. The van der Waals surface area contributed by atoms with Gasteiger partial charge in [-0.15, -0.1) is 0 Å². The molecular weight excluding hydrogens is 214 g/mol. The van der Waals surface area contributed by atoms with Gasteiger partial charge in [0.25, 0.3) is 0 Å².